The Kier molecular flexibility index (Phi) is 3.58. The molecule has 0 saturated heterocycles. The van der Waals surface area contributed by atoms with Gasteiger partial charge < -0.3 is 0 Å². The predicted molar refractivity (Wildman–Crippen MR) is 83.6 cm³/mol. The Hall–Kier alpha value is -2.40. The van der Waals surface area contributed by atoms with E-state index in [0.717, 1.165) is 5.56 Å². The van der Waals surface area contributed by atoms with Crippen molar-refractivity contribution in [3.8, 4) is 0 Å². The number of benzene rings is 2. The van der Waals surface area contributed by atoms with Crippen LogP contribution in [0.3, 0.4) is 0 Å². The molecule has 0 aromatic heterocycles. The fourth-order valence-corrected chi connectivity index (χ4v) is 3.40. The van der Waals surface area contributed by atoms with Crippen molar-refractivity contribution >= 4 is 21.9 Å². The van der Waals surface area contributed by atoms with Crippen molar-refractivity contribution in [2.75, 3.05) is 6.54 Å². The van der Waals surface area contributed by atoms with E-state index in [1.54, 1.807) is 24.3 Å². The molecule has 1 aliphatic heterocycles. The molecule has 0 aliphatic carbocycles. The highest BCUT2D eigenvalue weighted by Gasteiger charge is 2.29. The van der Waals surface area contributed by atoms with E-state index in [-0.39, 0.29) is 4.90 Å². The molecule has 5 heteroatoms. The Morgan fingerprint density at radius 1 is 1.00 bits per heavy atom. The van der Waals surface area contributed by atoms with Crippen LogP contribution in [-0.2, 0) is 10.0 Å². The normalized spacial score (nSPS) is 17.8. The molecule has 0 bridgehead atoms. The molecule has 0 atom stereocenters. The van der Waals surface area contributed by atoms with Crippen LogP contribution in [0.4, 0.5) is 0 Å². The van der Waals surface area contributed by atoms with Crippen molar-refractivity contribution in [2.45, 2.75) is 4.90 Å². The third-order valence-electron chi connectivity index (χ3n) is 3.13. The molecule has 4 nitrogen and oxygen atoms in total. The summed E-state index contributed by atoms with van der Waals surface area (Å²) in [4.78, 5) is 4.60. The van der Waals surface area contributed by atoms with Gasteiger partial charge in [0, 0.05) is 5.56 Å². The smallest absolute Gasteiger partial charge is 0.263 e. The maximum Gasteiger partial charge on any atom is 0.263 e. The molecule has 0 fully saturated rings. The van der Waals surface area contributed by atoms with Crippen LogP contribution in [0.25, 0.3) is 6.08 Å². The third-order valence-corrected chi connectivity index (χ3v) is 4.52. The lowest BCUT2D eigenvalue weighted by molar-refractivity contribution is 0.595. The van der Waals surface area contributed by atoms with Gasteiger partial charge in [0.05, 0.1) is 11.4 Å². The number of fused-ring (bicyclic) bond motifs is 1. The van der Waals surface area contributed by atoms with Gasteiger partial charge in [-0.05, 0) is 17.7 Å². The lowest BCUT2D eigenvalue weighted by Gasteiger charge is -1.96. The summed E-state index contributed by atoms with van der Waals surface area (Å²) in [7, 11) is -3.45. The van der Waals surface area contributed by atoms with Gasteiger partial charge in [-0.3, -0.25) is 9.71 Å². The topological polar surface area (TPSA) is 58.5 Å². The van der Waals surface area contributed by atoms with Crippen molar-refractivity contribution in [1.29, 1.82) is 0 Å². The monoisotopic (exact) mass is 298 g/mol. The summed E-state index contributed by atoms with van der Waals surface area (Å²) < 4.78 is 26.3. The van der Waals surface area contributed by atoms with Crippen molar-refractivity contribution < 1.29 is 8.42 Å². The van der Waals surface area contributed by atoms with Crippen LogP contribution in [-0.4, -0.2) is 20.8 Å². The van der Waals surface area contributed by atoms with Gasteiger partial charge in [-0.15, -0.1) is 0 Å². The van der Waals surface area contributed by atoms with Crippen LogP contribution in [0.5, 0.6) is 0 Å². The van der Waals surface area contributed by atoms with Crippen molar-refractivity contribution in [3.63, 3.8) is 0 Å². The highest BCUT2D eigenvalue weighted by Crippen LogP contribution is 2.21. The molecule has 106 valence electrons. The number of aliphatic imine (C=N–C) groups is 1. The van der Waals surface area contributed by atoms with E-state index in [9.17, 15) is 8.42 Å². The zero-order valence-corrected chi connectivity index (χ0v) is 12.0. The highest BCUT2D eigenvalue weighted by atomic mass is 32.2. The second-order valence-corrected chi connectivity index (χ2v) is 6.25. The summed E-state index contributed by atoms with van der Waals surface area (Å²) in [6, 6.07) is 16.7. The molecule has 0 saturated carbocycles. The Labute approximate surface area is 123 Å². The zero-order chi connectivity index (χ0) is 14.7. The third kappa shape index (κ3) is 2.87. The largest absolute Gasteiger partial charge is 0.263 e. The van der Waals surface area contributed by atoms with Gasteiger partial charge in [0.1, 0.15) is 5.84 Å². The van der Waals surface area contributed by atoms with Crippen molar-refractivity contribution in [3.05, 3.63) is 71.8 Å². The Bertz CT molecular complexity index is 809. The first kappa shape index (κ1) is 13.6. The number of hydrogen-bond acceptors (Lipinski definition) is 3. The van der Waals surface area contributed by atoms with Gasteiger partial charge >= 0.3 is 0 Å². The fourth-order valence-electron chi connectivity index (χ4n) is 2.15. The summed E-state index contributed by atoms with van der Waals surface area (Å²) in [6.07, 6.45) is 3.86. The lowest BCUT2D eigenvalue weighted by Crippen LogP contribution is -2.22. The Morgan fingerprint density at radius 3 is 2.52 bits per heavy atom. The van der Waals surface area contributed by atoms with Gasteiger partial charge in [-0.1, -0.05) is 54.6 Å². The quantitative estimate of drug-likeness (QED) is 0.946. The SMILES string of the molecule is O=S1(=O)NC(=NC/C=C/c2ccccc2)c2ccccc21. The number of nitrogens with zero attached hydrogens (tertiary/aromatic N) is 1. The van der Waals surface area contributed by atoms with E-state index in [0.29, 0.717) is 17.9 Å². The molecular formula is C16H14N2O2S. The second kappa shape index (κ2) is 5.54. The maximum atomic E-state index is 11.9. The molecular weight excluding hydrogens is 284 g/mol. The van der Waals surface area contributed by atoms with Gasteiger partial charge in [0.15, 0.2) is 0 Å². The highest BCUT2D eigenvalue weighted by molar-refractivity contribution is 7.90. The molecule has 2 aromatic carbocycles. The van der Waals surface area contributed by atoms with Crippen LogP contribution in [0.2, 0.25) is 0 Å². The number of amidine groups is 1. The molecule has 0 radical (unpaired) electrons. The minimum Gasteiger partial charge on any atom is -0.263 e. The molecule has 1 aliphatic rings. The average molecular weight is 298 g/mol. The van der Waals surface area contributed by atoms with E-state index in [1.165, 1.54) is 0 Å². The minimum atomic E-state index is -3.45. The first-order valence-corrected chi connectivity index (χ1v) is 8.03. The number of nitrogens with one attached hydrogen (secondary N) is 1. The van der Waals surface area contributed by atoms with Crippen molar-refractivity contribution in [2.24, 2.45) is 4.99 Å². The van der Waals surface area contributed by atoms with Crippen LogP contribution < -0.4 is 4.72 Å². The van der Waals surface area contributed by atoms with Crippen LogP contribution >= 0.6 is 0 Å². The van der Waals surface area contributed by atoms with Gasteiger partial charge in [0.25, 0.3) is 10.0 Å². The standard InChI is InChI=1S/C16H14N2O2S/c19-21(20)15-11-5-4-10-14(15)16(18-21)17-12-6-9-13-7-2-1-3-8-13/h1-11H,12H2,(H,17,18)/b9-6+. The molecule has 21 heavy (non-hydrogen) atoms. The van der Waals surface area contributed by atoms with Crippen LogP contribution in [0, 0.1) is 0 Å². The first-order valence-electron chi connectivity index (χ1n) is 6.55. The van der Waals surface area contributed by atoms with E-state index in [4.69, 9.17) is 0 Å². The summed E-state index contributed by atoms with van der Waals surface area (Å²) >= 11 is 0. The van der Waals surface area contributed by atoms with Crippen molar-refractivity contribution in [1.82, 2.24) is 4.72 Å². The van der Waals surface area contributed by atoms with Gasteiger partial charge in [-0.2, -0.15) is 0 Å². The molecule has 0 spiro atoms. The number of rotatable bonds is 3. The minimum absolute atomic E-state index is 0.288. The summed E-state index contributed by atoms with van der Waals surface area (Å²) in [5.41, 5.74) is 1.72. The summed E-state index contributed by atoms with van der Waals surface area (Å²) in [5.74, 6) is 0.406. The summed E-state index contributed by atoms with van der Waals surface area (Å²) in [5, 5.41) is 0. The lowest BCUT2D eigenvalue weighted by atomic mass is 10.2. The maximum absolute atomic E-state index is 11.9. The second-order valence-electron chi connectivity index (χ2n) is 4.60. The molecule has 1 heterocycles. The van der Waals surface area contributed by atoms with E-state index in [1.807, 2.05) is 42.5 Å². The van der Waals surface area contributed by atoms with E-state index >= 15 is 0 Å². The van der Waals surface area contributed by atoms with E-state index in [2.05, 4.69) is 9.71 Å². The predicted octanol–water partition coefficient (Wildman–Crippen LogP) is 2.44. The number of sulfonamides is 1. The van der Waals surface area contributed by atoms with Gasteiger partial charge in [-0.25, -0.2) is 8.42 Å². The number of hydrogen-bond donors (Lipinski definition) is 1. The molecule has 0 amide bonds. The Balaban J connectivity index is 1.78. The van der Waals surface area contributed by atoms with Crippen LogP contribution in [0.1, 0.15) is 11.1 Å². The molecule has 3 rings (SSSR count). The summed E-state index contributed by atoms with van der Waals surface area (Å²) in [6.45, 7) is 0.418. The first-order chi connectivity index (χ1) is 10.2. The molecule has 0 unspecified atom stereocenters. The van der Waals surface area contributed by atoms with Gasteiger partial charge in [0.2, 0.25) is 0 Å². The van der Waals surface area contributed by atoms with Crippen LogP contribution in [0.15, 0.2) is 70.6 Å². The fraction of sp³-hybridized carbons (Fsp3) is 0.0625. The molecule has 1 N–H and O–H groups in total. The zero-order valence-electron chi connectivity index (χ0n) is 11.2. The molecule has 2 aromatic rings. The Morgan fingerprint density at radius 2 is 1.71 bits per heavy atom. The van der Waals surface area contributed by atoms with E-state index < -0.39 is 10.0 Å². The average Bonchev–Trinajstić information content (AvgIpc) is 2.77.